The average molecular weight is 336 g/mol. The van der Waals surface area contributed by atoms with Crippen LogP contribution in [0.5, 0.6) is 0 Å². The van der Waals surface area contributed by atoms with Crippen molar-refractivity contribution in [3.63, 3.8) is 0 Å². The molecule has 1 aromatic heterocycles. The lowest BCUT2D eigenvalue weighted by Crippen LogP contribution is -2.20. The van der Waals surface area contributed by atoms with Crippen LogP contribution in [0.4, 0.5) is 0 Å². The summed E-state index contributed by atoms with van der Waals surface area (Å²) in [6, 6.07) is 14.5. The molecule has 0 saturated heterocycles. The van der Waals surface area contributed by atoms with E-state index in [2.05, 4.69) is 42.2 Å². The number of benzene rings is 2. The summed E-state index contributed by atoms with van der Waals surface area (Å²) >= 11 is 1.48. The molecule has 122 valence electrons. The van der Waals surface area contributed by atoms with Crippen molar-refractivity contribution in [1.29, 1.82) is 0 Å². The number of thioether (sulfide) groups is 1. The number of hydrogen-bond donors (Lipinski definition) is 0. The Morgan fingerprint density at radius 1 is 0.958 bits per heavy atom. The molecule has 0 unspecified atom stereocenters. The largest absolute Gasteiger partial charge is 0.287 e. The van der Waals surface area contributed by atoms with Gasteiger partial charge in [0.15, 0.2) is 5.03 Å². The van der Waals surface area contributed by atoms with Crippen LogP contribution in [0.25, 0.3) is 5.69 Å². The monoisotopic (exact) mass is 336 g/mol. The van der Waals surface area contributed by atoms with Crippen molar-refractivity contribution >= 4 is 11.8 Å². The second-order valence-corrected chi connectivity index (χ2v) is 6.99. The lowest BCUT2D eigenvalue weighted by Gasteiger charge is -2.09. The molecule has 3 nitrogen and oxygen atoms in total. The van der Waals surface area contributed by atoms with Gasteiger partial charge in [0.05, 0.1) is 0 Å². The highest BCUT2D eigenvalue weighted by atomic mass is 32.2. The number of aromatic nitrogens is 2. The van der Waals surface area contributed by atoms with Gasteiger partial charge in [0.2, 0.25) is 0 Å². The summed E-state index contributed by atoms with van der Waals surface area (Å²) in [7, 11) is 0. The van der Waals surface area contributed by atoms with Crippen LogP contribution in [0.15, 0.2) is 64.7 Å². The van der Waals surface area contributed by atoms with Crippen molar-refractivity contribution in [3.05, 3.63) is 87.5 Å². The van der Waals surface area contributed by atoms with Crippen molar-refractivity contribution in [2.45, 2.75) is 31.6 Å². The fraction of sp³-hybridized carbons (Fsp3) is 0.200. The van der Waals surface area contributed by atoms with Gasteiger partial charge < -0.3 is 0 Å². The second kappa shape index (κ2) is 7.05. The van der Waals surface area contributed by atoms with E-state index in [-0.39, 0.29) is 5.56 Å². The minimum absolute atomic E-state index is 0.0698. The van der Waals surface area contributed by atoms with Crippen LogP contribution in [0.3, 0.4) is 0 Å². The van der Waals surface area contributed by atoms with Crippen LogP contribution in [-0.4, -0.2) is 9.55 Å². The standard InChI is InChI=1S/C20H20N2OS/c1-14-4-6-17(7-5-14)13-24-19-20(23)22(9-8-21-19)18-11-15(2)10-16(3)12-18/h4-12H,13H2,1-3H3. The molecule has 0 spiro atoms. The molecule has 0 amide bonds. The van der Waals surface area contributed by atoms with Crippen LogP contribution in [0, 0.1) is 20.8 Å². The maximum Gasteiger partial charge on any atom is 0.287 e. The number of hydrogen-bond acceptors (Lipinski definition) is 3. The van der Waals surface area contributed by atoms with Crippen molar-refractivity contribution in [1.82, 2.24) is 9.55 Å². The topological polar surface area (TPSA) is 34.9 Å². The Labute approximate surface area is 146 Å². The van der Waals surface area contributed by atoms with Gasteiger partial charge in [-0.1, -0.05) is 47.7 Å². The average Bonchev–Trinajstić information content (AvgIpc) is 2.54. The van der Waals surface area contributed by atoms with Gasteiger partial charge in [-0.05, 0) is 49.6 Å². The molecule has 4 heteroatoms. The first-order valence-corrected chi connectivity index (χ1v) is 8.86. The number of aryl methyl sites for hydroxylation is 3. The minimum Gasteiger partial charge on any atom is -0.280 e. The molecule has 0 aliphatic carbocycles. The maximum absolute atomic E-state index is 12.7. The Hall–Kier alpha value is -2.33. The highest BCUT2D eigenvalue weighted by molar-refractivity contribution is 7.98. The second-order valence-electron chi connectivity index (χ2n) is 6.03. The first-order valence-electron chi connectivity index (χ1n) is 7.87. The van der Waals surface area contributed by atoms with E-state index >= 15 is 0 Å². The Bertz CT molecular complexity index is 893. The first-order chi connectivity index (χ1) is 11.5. The van der Waals surface area contributed by atoms with E-state index in [9.17, 15) is 4.79 Å². The fourth-order valence-electron chi connectivity index (χ4n) is 2.62. The maximum atomic E-state index is 12.7. The molecule has 0 aliphatic rings. The summed E-state index contributed by atoms with van der Waals surface area (Å²) in [5.41, 5.74) is 5.52. The zero-order valence-corrected chi connectivity index (χ0v) is 14.9. The van der Waals surface area contributed by atoms with E-state index in [1.54, 1.807) is 17.0 Å². The molecule has 3 aromatic rings. The van der Waals surface area contributed by atoms with E-state index in [1.165, 1.54) is 22.9 Å². The Balaban J connectivity index is 1.88. The Morgan fingerprint density at radius 2 is 1.62 bits per heavy atom. The third-order valence-electron chi connectivity index (χ3n) is 3.79. The van der Waals surface area contributed by atoms with Crippen LogP contribution in [0.1, 0.15) is 22.3 Å². The van der Waals surface area contributed by atoms with Gasteiger partial charge in [0.1, 0.15) is 0 Å². The van der Waals surface area contributed by atoms with Crippen molar-refractivity contribution in [2.75, 3.05) is 0 Å². The van der Waals surface area contributed by atoms with Gasteiger partial charge >= 0.3 is 0 Å². The third kappa shape index (κ3) is 3.77. The van der Waals surface area contributed by atoms with E-state index in [0.717, 1.165) is 22.6 Å². The lowest BCUT2D eigenvalue weighted by atomic mass is 10.1. The van der Waals surface area contributed by atoms with Gasteiger partial charge in [-0.2, -0.15) is 0 Å². The normalized spacial score (nSPS) is 10.8. The smallest absolute Gasteiger partial charge is 0.280 e. The van der Waals surface area contributed by atoms with Crippen LogP contribution in [0.2, 0.25) is 0 Å². The van der Waals surface area contributed by atoms with Crippen LogP contribution in [-0.2, 0) is 5.75 Å². The highest BCUT2D eigenvalue weighted by Crippen LogP contribution is 2.19. The van der Waals surface area contributed by atoms with Gasteiger partial charge in [-0.15, -0.1) is 0 Å². The molecular formula is C20H20N2OS. The fourth-order valence-corrected chi connectivity index (χ4v) is 3.47. The Kier molecular flexibility index (Phi) is 4.86. The molecule has 0 atom stereocenters. The van der Waals surface area contributed by atoms with E-state index < -0.39 is 0 Å². The van der Waals surface area contributed by atoms with Crippen molar-refractivity contribution < 1.29 is 0 Å². The summed E-state index contributed by atoms with van der Waals surface area (Å²) in [4.78, 5) is 17.0. The van der Waals surface area contributed by atoms with Crippen molar-refractivity contribution in [3.8, 4) is 5.69 Å². The van der Waals surface area contributed by atoms with Crippen molar-refractivity contribution in [2.24, 2.45) is 0 Å². The molecule has 0 bridgehead atoms. The molecule has 1 heterocycles. The zero-order chi connectivity index (χ0) is 17.1. The lowest BCUT2D eigenvalue weighted by molar-refractivity contribution is 0.880. The molecule has 3 rings (SSSR count). The molecule has 0 aliphatic heterocycles. The van der Waals surface area contributed by atoms with Crippen LogP contribution >= 0.6 is 11.8 Å². The Morgan fingerprint density at radius 3 is 2.29 bits per heavy atom. The predicted molar refractivity (Wildman–Crippen MR) is 100 cm³/mol. The molecule has 0 radical (unpaired) electrons. The van der Waals surface area contributed by atoms with E-state index in [4.69, 9.17) is 0 Å². The summed E-state index contributed by atoms with van der Waals surface area (Å²) in [5, 5.41) is 0.525. The first kappa shape index (κ1) is 16.5. The van der Waals surface area contributed by atoms with Crippen LogP contribution < -0.4 is 5.56 Å². The minimum atomic E-state index is -0.0698. The molecule has 0 fully saturated rings. The summed E-state index contributed by atoms with van der Waals surface area (Å²) < 4.78 is 1.67. The number of nitrogens with zero attached hydrogens (tertiary/aromatic N) is 2. The SMILES string of the molecule is Cc1ccc(CSc2nccn(-c3cc(C)cc(C)c3)c2=O)cc1. The summed E-state index contributed by atoms with van der Waals surface area (Å²) in [6.45, 7) is 6.14. The summed E-state index contributed by atoms with van der Waals surface area (Å²) in [5.74, 6) is 0.735. The highest BCUT2D eigenvalue weighted by Gasteiger charge is 2.08. The molecule has 2 aromatic carbocycles. The predicted octanol–water partition coefficient (Wildman–Crippen LogP) is 4.45. The third-order valence-corrected chi connectivity index (χ3v) is 4.82. The molecular weight excluding hydrogens is 316 g/mol. The quantitative estimate of drug-likeness (QED) is 0.660. The zero-order valence-electron chi connectivity index (χ0n) is 14.1. The summed E-state index contributed by atoms with van der Waals surface area (Å²) in [6.07, 6.45) is 3.42. The molecule has 0 saturated carbocycles. The van der Waals surface area contributed by atoms with Gasteiger partial charge in [-0.3, -0.25) is 9.36 Å². The van der Waals surface area contributed by atoms with Gasteiger partial charge in [0, 0.05) is 23.8 Å². The van der Waals surface area contributed by atoms with E-state index in [0.29, 0.717) is 5.03 Å². The van der Waals surface area contributed by atoms with Gasteiger partial charge in [-0.25, -0.2) is 4.98 Å². The van der Waals surface area contributed by atoms with Gasteiger partial charge in [0.25, 0.3) is 5.56 Å². The van der Waals surface area contributed by atoms with E-state index in [1.807, 2.05) is 26.0 Å². The number of rotatable bonds is 4. The molecule has 0 N–H and O–H groups in total. The molecule has 24 heavy (non-hydrogen) atoms.